The monoisotopic (exact) mass is 205 g/mol. The van der Waals surface area contributed by atoms with Crippen molar-refractivity contribution < 1.29 is 0 Å². The molecule has 0 aromatic carbocycles. The molecule has 1 aromatic heterocycles. The highest BCUT2D eigenvalue weighted by Gasteiger charge is 2.25. The third-order valence-electron chi connectivity index (χ3n) is 3.88. The minimum atomic E-state index is 0.696. The molecule has 1 aromatic rings. The van der Waals surface area contributed by atoms with Gasteiger partial charge in [0.25, 0.3) is 0 Å². The molecule has 1 unspecified atom stereocenters. The molecular formula is C12H19N3. The summed E-state index contributed by atoms with van der Waals surface area (Å²) in [6.07, 6.45) is 10.8. The van der Waals surface area contributed by atoms with Crippen LogP contribution in [-0.4, -0.2) is 22.6 Å². The summed E-state index contributed by atoms with van der Waals surface area (Å²) in [5, 5.41) is 3.48. The van der Waals surface area contributed by atoms with Crippen LogP contribution in [0.2, 0.25) is 0 Å². The van der Waals surface area contributed by atoms with Crippen molar-refractivity contribution in [1.82, 2.24) is 14.9 Å². The molecule has 1 saturated heterocycles. The molecule has 82 valence electrons. The van der Waals surface area contributed by atoms with E-state index in [0.29, 0.717) is 5.92 Å². The van der Waals surface area contributed by atoms with Crippen molar-refractivity contribution in [1.29, 1.82) is 0 Å². The Balaban J connectivity index is 1.80. The lowest BCUT2D eigenvalue weighted by atomic mass is 9.90. The molecule has 0 bridgehead atoms. The SMILES string of the molecule is c1ncn(C2CCC2)c1C1CCCNC1. The van der Waals surface area contributed by atoms with Gasteiger partial charge in [-0.1, -0.05) is 0 Å². The van der Waals surface area contributed by atoms with Gasteiger partial charge in [-0.05, 0) is 38.6 Å². The molecule has 3 heteroatoms. The molecule has 0 radical (unpaired) electrons. The highest BCUT2D eigenvalue weighted by atomic mass is 15.1. The minimum Gasteiger partial charge on any atom is -0.331 e. The molecule has 0 amide bonds. The average molecular weight is 205 g/mol. The predicted octanol–water partition coefficient (Wildman–Crippen LogP) is 2.08. The van der Waals surface area contributed by atoms with Crippen molar-refractivity contribution in [2.45, 2.75) is 44.1 Å². The molecule has 1 saturated carbocycles. The maximum Gasteiger partial charge on any atom is 0.0950 e. The fraction of sp³-hybridized carbons (Fsp3) is 0.750. The van der Waals surface area contributed by atoms with Crippen LogP contribution < -0.4 is 5.32 Å². The first kappa shape index (κ1) is 9.40. The van der Waals surface area contributed by atoms with Gasteiger partial charge in [-0.3, -0.25) is 0 Å². The van der Waals surface area contributed by atoms with E-state index in [-0.39, 0.29) is 0 Å². The summed E-state index contributed by atoms with van der Waals surface area (Å²) < 4.78 is 2.43. The third kappa shape index (κ3) is 1.69. The Kier molecular flexibility index (Phi) is 2.49. The van der Waals surface area contributed by atoms with Crippen LogP contribution >= 0.6 is 0 Å². The Hall–Kier alpha value is -0.830. The summed E-state index contributed by atoms with van der Waals surface area (Å²) in [4.78, 5) is 4.34. The standard InChI is InChI=1S/C12H19N3/c1-4-11(5-1)15-9-14-8-12(15)10-3-2-6-13-7-10/h8-11,13H,1-7H2. The normalized spacial score (nSPS) is 27.6. The molecule has 3 nitrogen and oxygen atoms in total. The van der Waals surface area contributed by atoms with Gasteiger partial charge in [0, 0.05) is 30.4 Å². The van der Waals surface area contributed by atoms with Crippen LogP contribution in [0, 0.1) is 0 Å². The van der Waals surface area contributed by atoms with Crippen LogP contribution in [0.4, 0.5) is 0 Å². The van der Waals surface area contributed by atoms with Gasteiger partial charge in [-0.2, -0.15) is 0 Å². The van der Waals surface area contributed by atoms with Gasteiger partial charge in [0.05, 0.1) is 6.33 Å². The van der Waals surface area contributed by atoms with Crippen molar-refractivity contribution in [3.8, 4) is 0 Å². The van der Waals surface area contributed by atoms with E-state index >= 15 is 0 Å². The molecule has 1 aliphatic heterocycles. The molecular weight excluding hydrogens is 186 g/mol. The fourth-order valence-corrected chi connectivity index (χ4v) is 2.71. The second-order valence-electron chi connectivity index (χ2n) is 4.85. The first-order chi connectivity index (χ1) is 7.45. The number of rotatable bonds is 2. The van der Waals surface area contributed by atoms with E-state index in [9.17, 15) is 0 Å². The molecule has 1 atom stereocenters. The first-order valence-corrected chi connectivity index (χ1v) is 6.17. The second kappa shape index (κ2) is 3.97. The number of piperidine rings is 1. The van der Waals surface area contributed by atoms with Crippen molar-refractivity contribution >= 4 is 0 Å². The highest BCUT2D eigenvalue weighted by molar-refractivity contribution is 5.10. The van der Waals surface area contributed by atoms with E-state index in [1.807, 2.05) is 6.33 Å². The van der Waals surface area contributed by atoms with Gasteiger partial charge in [-0.25, -0.2) is 4.98 Å². The Bertz CT molecular complexity index is 321. The maximum atomic E-state index is 4.34. The van der Waals surface area contributed by atoms with Gasteiger partial charge in [0.1, 0.15) is 0 Å². The number of nitrogens with zero attached hydrogens (tertiary/aromatic N) is 2. The Labute approximate surface area is 90.9 Å². The van der Waals surface area contributed by atoms with Gasteiger partial charge in [0.2, 0.25) is 0 Å². The highest BCUT2D eigenvalue weighted by Crippen LogP contribution is 2.35. The first-order valence-electron chi connectivity index (χ1n) is 6.17. The van der Waals surface area contributed by atoms with E-state index in [1.54, 1.807) is 0 Å². The second-order valence-corrected chi connectivity index (χ2v) is 4.85. The molecule has 3 rings (SSSR count). The zero-order valence-electron chi connectivity index (χ0n) is 9.15. The summed E-state index contributed by atoms with van der Waals surface area (Å²) in [6.45, 7) is 2.33. The topological polar surface area (TPSA) is 29.9 Å². The molecule has 1 N–H and O–H groups in total. The number of imidazole rings is 1. The predicted molar refractivity (Wildman–Crippen MR) is 60.0 cm³/mol. The average Bonchev–Trinajstić information content (AvgIpc) is 2.65. The summed E-state index contributed by atoms with van der Waals surface area (Å²) >= 11 is 0. The molecule has 15 heavy (non-hydrogen) atoms. The van der Waals surface area contributed by atoms with Crippen LogP contribution in [0.5, 0.6) is 0 Å². The van der Waals surface area contributed by atoms with E-state index in [2.05, 4.69) is 21.1 Å². The van der Waals surface area contributed by atoms with Gasteiger partial charge in [-0.15, -0.1) is 0 Å². The number of aromatic nitrogens is 2. The summed E-state index contributed by atoms with van der Waals surface area (Å²) in [5.74, 6) is 0.696. The molecule has 2 aliphatic rings. The van der Waals surface area contributed by atoms with E-state index < -0.39 is 0 Å². The summed E-state index contributed by atoms with van der Waals surface area (Å²) in [6, 6.07) is 0.754. The number of hydrogen-bond donors (Lipinski definition) is 1. The smallest absolute Gasteiger partial charge is 0.0950 e. The van der Waals surface area contributed by atoms with Crippen molar-refractivity contribution in [3.05, 3.63) is 18.2 Å². The third-order valence-corrected chi connectivity index (χ3v) is 3.88. The summed E-state index contributed by atoms with van der Waals surface area (Å²) in [7, 11) is 0. The number of hydrogen-bond acceptors (Lipinski definition) is 2. The van der Waals surface area contributed by atoms with Crippen molar-refractivity contribution in [2.24, 2.45) is 0 Å². The lowest BCUT2D eigenvalue weighted by Gasteiger charge is -2.31. The van der Waals surface area contributed by atoms with Crippen LogP contribution in [0.3, 0.4) is 0 Å². The fourth-order valence-electron chi connectivity index (χ4n) is 2.71. The maximum absolute atomic E-state index is 4.34. The van der Waals surface area contributed by atoms with Crippen LogP contribution in [0.15, 0.2) is 12.5 Å². The Morgan fingerprint density at radius 1 is 1.27 bits per heavy atom. The quantitative estimate of drug-likeness (QED) is 0.801. The van der Waals surface area contributed by atoms with Crippen LogP contribution in [-0.2, 0) is 0 Å². The minimum absolute atomic E-state index is 0.696. The summed E-state index contributed by atoms with van der Waals surface area (Å²) in [5.41, 5.74) is 1.46. The lowest BCUT2D eigenvalue weighted by molar-refractivity contribution is 0.297. The zero-order valence-corrected chi connectivity index (χ0v) is 9.15. The Morgan fingerprint density at radius 3 is 2.87 bits per heavy atom. The molecule has 2 fully saturated rings. The van der Waals surface area contributed by atoms with Gasteiger partial charge >= 0.3 is 0 Å². The van der Waals surface area contributed by atoms with Gasteiger partial charge < -0.3 is 9.88 Å². The van der Waals surface area contributed by atoms with E-state index in [0.717, 1.165) is 12.6 Å². The Morgan fingerprint density at radius 2 is 2.20 bits per heavy atom. The largest absolute Gasteiger partial charge is 0.331 e. The molecule has 2 heterocycles. The van der Waals surface area contributed by atoms with Crippen molar-refractivity contribution in [3.63, 3.8) is 0 Å². The lowest BCUT2D eigenvalue weighted by Crippen LogP contribution is -2.30. The van der Waals surface area contributed by atoms with Crippen LogP contribution in [0.1, 0.15) is 49.8 Å². The van der Waals surface area contributed by atoms with E-state index in [1.165, 1.54) is 44.3 Å². The van der Waals surface area contributed by atoms with Gasteiger partial charge in [0.15, 0.2) is 0 Å². The van der Waals surface area contributed by atoms with E-state index in [4.69, 9.17) is 0 Å². The van der Waals surface area contributed by atoms with Crippen LogP contribution in [0.25, 0.3) is 0 Å². The zero-order chi connectivity index (χ0) is 10.1. The number of nitrogens with one attached hydrogen (secondary N) is 1. The van der Waals surface area contributed by atoms with Crippen molar-refractivity contribution in [2.75, 3.05) is 13.1 Å². The molecule has 0 spiro atoms. The molecule has 1 aliphatic carbocycles.